The summed E-state index contributed by atoms with van der Waals surface area (Å²) >= 11 is 0. The van der Waals surface area contributed by atoms with Gasteiger partial charge in [0.15, 0.2) is 5.69 Å². The smallest absolute Gasteiger partial charge is 0.265 e. The zero-order chi connectivity index (χ0) is 17.1. The first-order valence-electron chi connectivity index (χ1n) is 8.23. The highest BCUT2D eigenvalue weighted by atomic mass is 16.2. The maximum absolute atomic E-state index is 12.5. The van der Waals surface area contributed by atoms with Gasteiger partial charge in [-0.05, 0) is 43.5 Å². The Balaban J connectivity index is 1.58. The van der Waals surface area contributed by atoms with Crippen molar-refractivity contribution < 1.29 is 4.79 Å². The average Bonchev–Trinajstić information content (AvgIpc) is 3.26. The molecule has 0 saturated carbocycles. The molecule has 124 valence electrons. The third kappa shape index (κ3) is 3.06. The van der Waals surface area contributed by atoms with E-state index in [1.165, 1.54) is 6.21 Å². The average molecular weight is 331 g/mol. The summed E-state index contributed by atoms with van der Waals surface area (Å²) in [6.07, 6.45) is 6.04. The van der Waals surface area contributed by atoms with Gasteiger partial charge in [-0.2, -0.15) is 10.2 Å². The van der Waals surface area contributed by atoms with Gasteiger partial charge in [-0.3, -0.25) is 9.78 Å². The number of benzene rings is 1. The van der Waals surface area contributed by atoms with Gasteiger partial charge in [-0.15, -0.1) is 0 Å². The van der Waals surface area contributed by atoms with Gasteiger partial charge < -0.3 is 0 Å². The number of pyridine rings is 1. The molecule has 1 amide bonds. The molecule has 1 aromatic carbocycles. The molecule has 25 heavy (non-hydrogen) atoms. The molecule has 2 aromatic heterocycles. The molecule has 0 spiro atoms. The Labute approximate surface area is 145 Å². The van der Waals surface area contributed by atoms with Crippen molar-refractivity contribution in [3.05, 3.63) is 77.4 Å². The Morgan fingerprint density at radius 1 is 1.12 bits per heavy atom. The van der Waals surface area contributed by atoms with Gasteiger partial charge >= 0.3 is 0 Å². The minimum Gasteiger partial charge on any atom is -0.265 e. The van der Waals surface area contributed by atoms with Crippen LogP contribution in [0.15, 0.2) is 59.8 Å². The first kappa shape index (κ1) is 15.3. The Morgan fingerprint density at radius 2 is 1.96 bits per heavy atom. The largest absolute Gasteiger partial charge is 0.292 e. The first-order valence-corrected chi connectivity index (χ1v) is 8.23. The summed E-state index contributed by atoms with van der Waals surface area (Å²) < 4.78 is 1.87. The summed E-state index contributed by atoms with van der Waals surface area (Å²) in [6, 6.07) is 15.4. The number of amides is 1. The zero-order valence-electron chi connectivity index (χ0n) is 13.6. The van der Waals surface area contributed by atoms with Crippen molar-refractivity contribution in [3.63, 3.8) is 0 Å². The van der Waals surface area contributed by atoms with Crippen LogP contribution in [0.2, 0.25) is 0 Å². The molecule has 1 aliphatic rings. The Morgan fingerprint density at radius 3 is 2.76 bits per heavy atom. The molecule has 0 aliphatic heterocycles. The van der Waals surface area contributed by atoms with E-state index in [9.17, 15) is 4.79 Å². The maximum atomic E-state index is 12.5. The van der Waals surface area contributed by atoms with Gasteiger partial charge in [0.2, 0.25) is 0 Å². The van der Waals surface area contributed by atoms with E-state index < -0.39 is 0 Å². The fourth-order valence-corrected chi connectivity index (χ4v) is 3.06. The summed E-state index contributed by atoms with van der Waals surface area (Å²) in [4.78, 5) is 16.6. The number of para-hydroxylation sites is 1. The molecule has 2 heterocycles. The van der Waals surface area contributed by atoms with Crippen LogP contribution in [0.4, 0.5) is 0 Å². The van der Waals surface area contributed by atoms with Gasteiger partial charge in [-0.1, -0.05) is 24.3 Å². The van der Waals surface area contributed by atoms with Crippen LogP contribution in [0.5, 0.6) is 0 Å². The van der Waals surface area contributed by atoms with Crippen molar-refractivity contribution in [2.75, 3.05) is 0 Å². The fraction of sp³-hybridized carbons (Fsp3) is 0.158. The molecule has 0 saturated heterocycles. The lowest BCUT2D eigenvalue weighted by Gasteiger charge is -2.04. The molecule has 0 atom stereocenters. The van der Waals surface area contributed by atoms with E-state index in [1.807, 2.05) is 53.2 Å². The quantitative estimate of drug-likeness (QED) is 0.590. The van der Waals surface area contributed by atoms with Crippen LogP contribution < -0.4 is 5.43 Å². The molecule has 1 aliphatic carbocycles. The summed E-state index contributed by atoms with van der Waals surface area (Å²) in [5.41, 5.74) is 6.80. The lowest BCUT2D eigenvalue weighted by atomic mass is 10.2. The topological polar surface area (TPSA) is 72.2 Å². The van der Waals surface area contributed by atoms with E-state index in [0.717, 1.165) is 36.2 Å². The van der Waals surface area contributed by atoms with Crippen molar-refractivity contribution >= 4 is 12.1 Å². The molecule has 4 rings (SSSR count). The van der Waals surface area contributed by atoms with Crippen molar-refractivity contribution in [2.45, 2.75) is 19.3 Å². The van der Waals surface area contributed by atoms with Crippen LogP contribution in [-0.4, -0.2) is 26.9 Å². The number of hydrazone groups is 1. The van der Waals surface area contributed by atoms with E-state index in [-0.39, 0.29) is 5.91 Å². The summed E-state index contributed by atoms with van der Waals surface area (Å²) in [5, 5.41) is 8.53. The Kier molecular flexibility index (Phi) is 4.08. The van der Waals surface area contributed by atoms with Gasteiger partial charge in [-0.25, -0.2) is 10.1 Å². The minimum atomic E-state index is -0.292. The highest BCUT2D eigenvalue weighted by molar-refractivity contribution is 5.94. The van der Waals surface area contributed by atoms with Crippen LogP contribution in [0, 0.1) is 0 Å². The molecule has 0 fully saturated rings. The predicted octanol–water partition coefficient (Wildman–Crippen LogP) is 2.52. The standard InChI is InChI=1S/C19H17N5O/c25-19(22-21-13-14-7-4-5-12-20-14)18-16-10-6-11-17(16)24(23-18)15-8-2-1-3-9-15/h1-5,7-9,12-13H,6,10-11H2,(H,22,25)/b21-13+. The maximum Gasteiger partial charge on any atom is 0.292 e. The van der Waals surface area contributed by atoms with E-state index >= 15 is 0 Å². The lowest BCUT2D eigenvalue weighted by Crippen LogP contribution is -2.20. The van der Waals surface area contributed by atoms with Crippen molar-refractivity contribution in [2.24, 2.45) is 5.10 Å². The van der Waals surface area contributed by atoms with E-state index in [4.69, 9.17) is 0 Å². The summed E-state index contributed by atoms with van der Waals surface area (Å²) in [7, 11) is 0. The Hall–Kier alpha value is -3.28. The van der Waals surface area contributed by atoms with E-state index in [0.29, 0.717) is 11.4 Å². The number of hydrogen-bond acceptors (Lipinski definition) is 4. The lowest BCUT2D eigenvalue weighted by molar-refractivity contribution is 0.0949. The monoisotopic (exact) mass is 331 g/mol. The number of aromatic nitrogens is 3. The molecule has 0 bridgehead atoms. The third-order valence-electron chi connectivity index (χ3n) is 4.20. The molecular weight excluding hydrogens is 314 g/mol. The van der Waals surface area contributed by atoms with E-state index in [2.05, 4.69) is 20.6 Å². The van der Waals surface area contributed by atoms with Gasteiger partial charge in [0, 0.05) is 17.5 Å². The second-order valence-corrected chi connectivity index (χ2v) is 5.83. The van der Waals surface area contributed by atoms with Crippen LogP contribution in [0.1, 0.15) is 33.9 Å². The molecule has 1 N–H and O–H groups in total. The predicted molar refractivity (Wildman–Crippen MR) is 94.9 cm³/mol. The number of fused-ring (bicyclic) bond motifs is 1. The van der Waals surface area contributed by atoms with Gasteiger partial charge in [0.05, 0.1) is 17.6 Å². The highest BCUT2D eigenvalue weighted by Gasteiger charge is 2.26. The van der Waals surface area contributed by atoms with Crippen molar-refractivity contribution in [3.8, 4) is 5.69 Å². The minimum absolute atomic E-state index is 0.292. The zero-order valence-corrected chi connectivity index (χ0v) is 13.6. The SMILES string of the molecule is O=C(N/N=C/c1ccccn1)c1nn(-c2ccccc2)c2c1CCC2. The van der Waals surface area contributed by atoms with Crippen LogP contribution in [0.3, 0.4) is 0 Å². The number of nitrogens with zero attached hydrogens (tertiary/aromatic N) is 4. The van der Waals surface area contributed by atoms with Crippen LogP contribution >= 0.6 is 0 Å². The third-order valence-corrected chi connectivity index (χ3v) is 4.20. The number of carbonyl (C=O) groups is 1. The van der Waals surface area contributed by atoms with Crippen molar-refractivity contribution in [1.29, 1.82) is 0 Å². The molecule has 6 nitrogen and oxygen atoms in total. The van der Waals surface area contributed by atoms with Crippen molar-refractivity contribution in [1.82, 2.24) is 20.2 Å². The molecular formula is C19H17N5O. The highest BCUT2D eigenvalue weighted by Crippen LogP contribution is 2.27. The second-order valence-electron chi connectivity index (χ2n) is 5.83. The number of carbonyl (C=O) groups excluding carboxylic acids is 1. The molecule has 3 aromatic rings. The normalized spacial score (nSPS) is 13.1. The van der Waals surface area contributed by atoms with Gasteiger partial charge in [0.1, 0.15) is 0 Å². The first-order chi connectivity index (χ1) is 12.3. The second kappa shape index (κ2) is 6.68. The van der Waals surface area contributed by atoms with E-state index in [1.54, 1.807) is 6.20 Å². The Bertz CT molecular complexity index is 916. The molecule has 0 radical (unpaired) electrons. The number of rotatable bonds is 4. The molecule has 6 heteroatoms. The van der Waals surface area contributed by atoms with Crippen LogP contribution in [0.25, 0.3) is 5.69 Å². The number of nitrogens with one attached hydrogen (secondary N) is 1. The fourth-order valence-electron chi connectivity index (χ4n) is 3.06. The summed E-state index contributed by atoms with van der Waals surface area (Å²) in [5.74, 6) is -0.292. The van der Waals surface area contributed by atoms with Crippen LogP contribution in [-0.2, 0) is 12.8 Å². The summed E-state index contributed by atoms with van der Waals surface area (Å²) in [6.45, 7) is 0. The van der Waals surface area contributed by atoms with Gasteiger partial charge in [0.25, 0.3) is 5.91 Å². The number of hydrogen-bond donors (Lipinski definition) is 1. The molecule has 0 unspecified atom stereocenters.